The summed E-state index contributed by atoms with van der Waals surface area (Å²) >= 11 is 5.89. The number of rotatable bonds is 9. The lowest BCUT2D eigenvalue weighted by molar-refractivity contribution is -0.141. The van der Waals surface area contributed by atoms with E-state index in [0.717, 1.165) is 12.1 Å². The summed E-state index contributed by atoms with van der Waals surface area (Å²) in [6.45, 7) is 5.03. The van der Waals surface area contributed by atoms with Crippen molar-refractivity contribution in [1.82, 2.24) is 14.7 Å². The summed E-state index contributed by atoms with van der Waals surface area (Å²) in [5.74, 6) is 0.453. The highest BCUT2D eigenvalue weighted by Crippen LogP contribution is 2.16. The third-order valence-electron chi connectivity index (χ3n) is 5.49. The van der Waals surface area contributed by atoms with E-state index in [9.17, 15) is 9.59 Å². The third-order valence-corrected chi connectivity index (χ3v) is 5.75. The van der Waals surface area contributed by atoms with E-state index in [2.05, 4.69) is 0 Å². The molecular weight excluding hydrogens is 442 g/mol. The molecule has 33 heavy (non-hydrogen) atoms. The number of ether oxygens (including phenoxy) is 2. The maximum atomic E-state index is 13.2. The molecule has 0 spiro atoms. The van der Waals surface area contributed by atoms with Gasteiger partial charge in [0.1, 0.15) is 5.75 Å². The van der Waals surface area contributed by atoms with Gasteiger partial charge in [-0.15, -0.1) is 0 Å². The van der Waals surface area contributed by atoms with Crippen molar-refractivity contribution in [3.63, 3.8) is 0 Å². The van der Waals surface area contributed by atoms with Crippen molar-refractivity contribution in [3.8, 4) is 5.75 Å². The van der Waals surface area contributed by atoms with Gasteiger partial charge in [0.25, 0.3) is 11.8 Å². The summed E-state index contributed by atoms with van der Waals surface area (Å²) in [5, 5.41) is 0.615. The van der Waals surface area contributed by atoms with Gasteiger partial charge < -0.3 is 24.2 Å². The van der Waals surface area contributed by atoms with E-state index < -0.39 is 0 Å². The van der Waals surface area contributed by atoms with Gasteiger partial charge in [0, 0.05) is 43.3 Å². The molecule has 0 N–H and O–H groups in total. The van der Waals surface area contributed by atoms with E-state index >= 15 is 0 Å². The molecule has 2 aromatic rings. The molecule has 8 heteroatoms. The lowest BCUT2D eigenvalue weighted by atomic mass is 10.1. The lowest BCUT2D eigenvalue weighted by Crippen LogP contribution is -2.52. The zero-order valence-corrected chi connectivity index (χ0v) is 20.3. The van der Waals surface area contributed by atoms with Crippen molar-refractivity contribution >= 4 is 23.4 Å². The predicted molar refractivity (Wildman–Crippen MR) is 129 cm³/mol. The molecule has 7 nitrogen and oxygen atoms in total. The zero-order chi connectivity index (χ0) is 23.8. The quantitative estimate of drug-likeness (QED) is 0.560. The molecule has 0 aliphatic carbocycles. The summed E-state index contributed by atoms with van der Waals surface area (Å²) in [6, 6.07) is 14.5. The Morgan fingerprint density at radius 3 is 2.45 bits per heavy atom. The average Bonchev–Trinajstić information content (AvgIpc) is 2.81. The summed E-state index contributed by atoms with van der Waals surface area (Å²) < 4.78 is 11.5. The Bertz CT molecular complexity index is 918. The van der Waals surface area contributed by atoms with Gasteiger partial charge in [0.15, 0.2) is 6.61 Å². The molecule has 0 aromatic heterocycles. The highest BCUT2D eigenvalue weighted by Gasteiger charge is 2.28. The van der Waals surface area contributed by atoms with Crippen molar-refractivity contribution in [2.24, 2.45) is 0 Å². The van der Waals surface area contributed by atoms with Crippen LogP contribution in [0.15, 0.2) is 48.5 Å². The smallest absolute Gasteiger partial charge is 0.260 e. The molecule has 1 heterocycles. The number of benzene rings is 2. The zero-order valence-electron chi connectivity index (χ0n) is 19.5. The van der Waals surface area contributed by atoms with Gasteiger partial charge in [-0.1, -0.05) is 29.3 Å². The van der Waals surface area contributed by atoms with Crippen molar-refractivity contribution in [2.45, 2.75) is 13.0 Å². The van der Waals surface area contributed by atoms with Crippen molar-refractivity contribution < 1.29 is 19.1 Å². The van der Waals surface area contributed by atoms with E-state index in [1.54, 1.807) is 29.2 Å². The number of carbonyl (C=O) groups is 2. The minimum absolute atomic E-state index is 0.0324. The highest BCUT2D eigenvalue weighted by atomic mass is 35.5. The lowest BCUT2D eigenvalue weighted by Gasteiger charge is -2.36. The fourth-order valence-electron chi connectivity index (χ4n) is 3.54. The number of hydrogen-bond donors (Lipinski definition) is 0. The van der Waals surface area contributed by atoms with E-state index in [-0.39, 0.29) is 24.5 Å². The van der Waals surface area contributed by atoms with Gasteiger partial charge >= 0.3 is 0 Å². The summed E-state index contributed by atoms with van der Waals surface area (Å²) in [4.78, 5) is 31.5. The first kappa shape index (κ1) is 25.0. The van der Waals surface area contributed by atoms with Crippen LogP contribution in [0.5, 0.6) is 5.75 Å². The Morgan fingerprint density at radius 1 is 1.09 bits per heavy atom. The maximum absolute atomic E-state index is 13.2. The van der Waals surface area contributed by atoms with Crippen molar-refractivity contribution in [1.29, 1.82) is 0 Å². The normalized spacial score (nSPS) is 16.0. The number of likely N-dealkylation sites (N-methyl/N-ethyl adjacent to an activating group) is 1. The number of morpholine rings is 1. The molecule has 1 saturated heterocycles. The second-order valence-electron chi connectivity index (χ2n) is 8.50. The molecule has 0 bridgehead atoms. The van der Waals surface area contributed by atoms with Crippen LogP contribution in [0.3, 0.4) is 0 Å². The van der Waals surface area contributed by atoms with Gasteiger partial charge in [-0.05, 0) is 57.4 Å². The standard InChI is InChI=1S/C25H32ClN3O4/c1-19-4-6-20(7-5-19)25(31)29(13-12-27(2)3)17-23-16-28(14-15-32-23)24(30)18-33-22-10-8-21(26)9-11-22/h4-11,23H,12-18H2,1-3H3. The average molecular weight is 474 g/mol. The Balaban J connectivity index is 1.59. The second-order valence-corrected chi connectivity index (χ2v) is 8.93. The fourth-order valence-corrected chi connectivity index (χ4v) is 3.67. The Labute approximate surface area is 200 Å². The molecule has 1 unspecified atom stereocenters. The Kier molecular flexibility index (Phi) is 9.11. The second kappa shape index (κ2) is 12.0. The maximum Gasteiger partial charge on any atom is 0.260 e. The van der Waals surface area contributed by atoms with Gasteiger partial charge in [-0.25, -0.2) is 0 Å². The van der Waals surface area contributed by atoms with Gasteiger partial charge in [-0.3, -0.25) is 9.59 Å². The fraction of sp³-hybridized carbons (Fsp3) is 0.440. The predicted octanol–water partition coefficient (Wildman–Crippen LogP) is 2.96. The van der Waals surface area contributed by atoms with E-state index in [1.165, 1.54) is 0 Å². The van der Waals surface area contributed by atoms with E-state index in [1.807, 2.05) is 55.1 Å². The summed E-state index contributed by atoms with van der Waals surface area (Å²) in [6.07, 6.45) is -0.255. The molecule has 0 saturated carbocycles. The Hall–Kier alpha value is -2.61. The van der Waals surface area contributed by atoms with E-state index in [0.29, 0.717) is 49.1 Å². The monoisotopic (exact) mass is 473 g/mol. The number of halogens is 1. The first-order valence-electron chi connectivity index (χ1n) is 11.1. The molecule has 2 aromatic carbocycles. The number of hydrogen-bond acceptors (Lipinski definition) is 5. The molecular formula is C25H32ClN3O4. The SMILES string of the molecule is Cc1ccc(C(=O)N(CCN(C)C)CC2CN(C(=O)COc3ccc(Cl)cc3)CCO2)cc1. The van der Waals surface area contributed by atoms with Crippen LogP contribution < -0.4 is 4.74 Å². The molecule has 1 aliphatic heterocycles. The van der Waals surface area contributed by atoms with Crippen LogP contribution in [-0.2, 0) is 9.53 Å². The van der Waals surface area contributed by atoms with Crippen LogP contribution in [0.4, 0.5) is 0 Å². The van der Waals surface area contributed by atoms with Crippen molar-refractivity contribution in [2.75, 3.05) is 60.0 Å². The van der Waals surface area contributed by atoms with Gasteiger partial charge in [0.05, 0.1) is 12.7 Å². The van der Waals surface area contributed by atoms with Crippen LogP contribution in [0.25, 0.3) is 0 Å². The molecule has 1 aliphatic rings. The van der Waals surface area contributed by atoms with Crippen LogP contribution in [0.1, 0.15) is 15.9 Å². The molecule has 1 fully saturated rings. The van der Waals surface area contributed by atoms with Gasteiger partial charge in [-0.2, -0.15) is 0 Å². The molecule has 1 atom stereocenters. The first-order valence-corrected chi connectivity index (χ1v) is 11.5. The van der Waals surface area contributed by atoms with Crippen LogP contribution >= 0.6 is 11.6 Å². The molecule has 3 rings (SSSR count). The Morgan fingerprint density at radius 2 is 1.79 bits per heavy atom. The van der Waals surface area contributed by atoms with Crippen LogP contribution in [0, 0.1) is 6.92 Å². The molecule has 0 radical (unpaired) electrons. The van der Waals surface area contributed by atoms with Gasteiger partial charge in [0.2, 0.25) is 0 Å². The third kappa shape index (κ3) is 7.74. The molecule has 2 amide bonds. The summed E-state index contributed by atoms with van der Waals surface area (Å²) in [7, 11) is 3.96. The van der Waals surface area contributed by atoms with Crippen LogP contribution in [-0.4, -0.2) is 92.7 Å². The number of carbonyl (C=O) groups excluding carboxylic acids is 2. The minimum Gasteiger partial charge on any atom is -0.484 e. The highest BCUT2D eigenvalue weighted by molar-refractivity contribution is 6.30. The number of nitrogens with zero attached hydrogens (tertiary/aromatic N) is 3. The largest absolute Gasteiger partial charge is 0.484 e. The topological polar surface area (TPSA) is 62.3 Å². The molecule has 178 valence electrons. The summed E-state index contributed by atoms with van der Waals surface area (Å²) in [5.41, 5.74) is 1.76. The van der Waals surface area contributed by atoms with Crippen molar-refractivity contribution in [3.05, 3.63) is 64.7 Å². The van der Waals surface area contributed by atoms with Crippen LogP contribution in [0.2, 0.25) is 5.02 Å². The number of amides is 2. The number of aryl methyl sites for hydroxylation is 1. The minimum atomic E-state index is -0.255. The van der Waals surface area contributed by atoms with E-state index in [4.69, 9.17) is 21.1 Å². The first-order chi connectivity index (χ1) is 15.8.